The number of amides is 1. The molecular weight excluding hydrogens is 394 g/mol. The number of hydrogen-bond donors (Lipinski definition) is 1. The maximum absolute atomic E-state index is 12.3. The summed E-state index contributed by atoms with van der Waals surface area (Å²) in [7, 11) is 0. The lowest BCUT2D eigenvalue weighted by Crippen LogP contribution is -2.62. The Balaban J connectivity index is 1.46. The van der Waals surface area contributed by atoms with Gasteiger partial charge in [0.25, 0.3) is 0 Å². The fourth-order valence-electron chi connectivity index (χ4n) is 4.03. The van der Waals surface area contributed by atoms with Gasteiger partial charge in [-0.2, -0.15) is 0 Å². The van der Waals surface area contributed by atoms with Crippen LogP contribution in [0.3, 0.4) is 0 Å². The molecule has 4 rings (SSSR count). The van der Waals surface area contributed by atoms with Gasteiger partial charge in [-0.3, -0.25) is 0 Å². The second kappa shape index (κ2) is 7.90. The quantitative estimate of drug-likeness (QED) is 0.719. The van der Waals surface area contributed by atoms with Gasteiger partial charge in [0.05, 0.1) is 0 Å². The van der Waals surface area contributed by atoms with Crippen LogP contribution in [0.15, 0.2) is 30.3 Å². The third-order valence-corrected chi connectivity index (χ3v) is 5.19. The minimum atomic E-state index is -1.02. The van der Waals surface area contributed by atoms with Crippen LogP contribution in [0.2, 0.25) is 0 Å². The summed E-state index contributed by atoms with van der Waals surface area (Å²) < 4.78 is 35.0. The van der Waals surface area contributed by atoms with Gasteiger partial charge in [0.2, 0.25) is 0 Å². The third-order valence-electron chi connectivity index (χ3n) is 5.19. The van der Waals surface area contributed by atoms with Gasteiger partial charge in [-0.15, -0.1) is 0 Å². The first kappa shape index (κ1) is 21.2. The summed E-state index contributed by atoms with van der Waals surface area (Å²) >= 11 is 0. The second-order valence-corrected chi connectivity index (χ2v) is 8.50. The Morgan fingerprint density at radius 2 is 1.67 bits per heavy atom. The smallest absolute Gasteiger partial charge is 0.408 e. The zero-order valence-electron chi connectivity index (χ0n) is 17.4. The zero-order valence-corrected chi connectivity index (χ0v) is 17.4. The van der Waals surface area contributed by atoms with Crippen LogP contribution in [0, 0.1) is 0 Å². The van der Waals surface area contributed by atoms with Crippen molar-refractivity contribution in [3.63, 3.8) is 0 Å². The molecule has 1 amide bonds. The lowest BCUT2D eigenvalue weighted by molar-refractivity contribution is -0.237. The van der Waals surface area contributed by atoms with E-state index in [4.69, 9.17) is 28.4 Å². The summed E-state index contributed by atoms with van der Waals surface area (Å²) in [6.45, 7) is 7.18. The van der Waals surface area contributed by atoms with Gasteiger partial charge < -0.3 is 38.5 Å². The molecule has 3 saturated heterocycles. The predicted molar refractivity (Wildman–Crippen MR) is 102 cm³/mol. The maximum atomic E-state index is 12.3. The van der Waals surface area contributed by atoms with Crippen LogP contribution >= 0.6 is 0 Å². The molecule has 3 aliphatic heterocycles. The fraction of sp³-hybridized carbons (Fsp3) is 0.619. The Labute approximate surface area is 174 Å². The van der Waals surface area contributed by atoms with Crippen LogP contribution in [0.25, 0.3) is 0 Å². The Morgan fingerprint density at radius 3 is 2.37 bits per heavy atom. The van der Waals surface area contributed by atoms with Crippen LogP contribution in [0.5, 0.6) is 0 Å². The Hall–Kier alpha value is -2.04. The highest BCUT2D eigenvalue weighted by molar-refractivity contribution is 5.73. The molecule has 1 aromatic carbocycles. The molecule has 0 aliphatic carbocycles. The van der Waals surface area contributed by atoms with E-state index in [-0.39, 0.29) is 6.61 Å². The number of ether oxygens (including phenoxy) is 6. The average Bonchev–Trinajstić information content (AvgIpc) is 3.18. The number of nitrogens with one attached hydrogen (secondary N) is 1. The Morgan fingerprint density at radius 1 is 1.03 bits per heavy atom. The van der Waals surface area contributed by atoms with E-state index in [0.717, 1.165) is 5.56 Å². The van der Waals surface area contributed by atoms with E-state index < -0.39 is 54.4 Å². The molecule has 0 bridgehead atoms. The van der Waals surface area contributed by atoms with E-state index in [9.17, 15) is 9.59 Å². The lowest BCUT2D eigenvalue weighted by Gasteiger charge is -2.39. The summed E-state index contributed by atoms with van der Waals surface area (Å²) in [5.74, 6) is -1.77. The van der Waals surface area contributed by atoms with Crippen molar-refractivity contribution >= 4 is 12.4 Å². The van der Waals surface area contributed by atoms with Gasteiger partial charge in [0.15, 0.2) is 17.9 Å². The maximum Gasteiger partial charge on any atom is 0.408 e. The van der Waals surface area contributed by atoms with Crippen LogP contribution in [0.1, 0.15) is 33.3 Å². The van der Waals surface area contributed by atoms with Crippen LogP contribution in [0.4, 0.5) is 4.79 Å². The molecule has 0 saturated carbocycles. The monoisotopic (exact) mass is 421 g/mol. The lowest BCUT2D eigenvalue weighted by atomic mass is 9.94. The van der Waals surface area contributed by atoms with E-state index in [1.54, 1.807) is 27.7 Å². The van der Waals surface area contributed by atoms with E-state index in [1.807, 2.05) is 30.3 Å². The molecule has 0 aromatic heterocycles. The number of carbonyl (C=O) groups excluding carboxylic acids is 2. The van der Waals surface area contributed by atoms with E-state index in [1.165, 1.54) is 0 Å². The number of carbonyl (C=O) groups is 2. The van der Waals surface area contributed by atoms with Crippen molar-refractivity contribution in [1.29, 1.82) is 0 Å². The number of aldehydes is 1. The van der Waals surface area contributed by atoms with Gasteiger partial charge in [-0.05, 0) is 33.3 Å². The molecule has 0 spiro atoms. The van der Waals surface area contributed by atoms with Gasteiger partial charge in [-0.1, -0.05) is 30.3 Å². The summed E-state index contributed by atoms with van der Waals surface area (Å²) in [4.78, 5) is 24.2. The molecule has 30 heavy (non-hydrogen) atoms. The van der Waals surface area contributed by atoms with Crippen LogP contribution in [-0.2, 0) is 39.8 Å². The predicted octanol–water partition coefficient (Wildman–Crippen LogP) is 1.88. The molecule has 0 unspecified atom stereocenters. The van der Waals surface area contributed by atoms with Gasteiger partial charge in [0.1, 0.15) is 43.4 Å². The molecule has 3 fully saturated rings. The summed E-state index contributed by atoms with van der Waals surface area (Å²) in [5.41, 5.74) is 0.833. The minimum absolute atomic E-state index is 0.0817. The van der Waals surface area contributed by atoms with Crippen molar-refractivity contribution in [2.45, 2.75) is 82.6 Å². The molecular formula is C21H27NO8. The normalized spacial score (nSPS) is 34.5. The van der Waals surface area contributed by atoms with Crippen molar-refractivity contribution < 1.29 is 38.0 Å². The van der Waals surface area contributed by atoms with Crippen molar-refractivity contribution in [2.75, 3.05) is 0 Å². The molecule has 0 radical (unpaired) electrons. The molecule has 6 atom stereocenters. The zero-order chi connectivity index (χ0) is 21.5. The highest BCUT2D eigenvalue weighted by atomic mass is 16.9. The number of hydrogen-bond acceptors (Lipinski definition) is 8. The molecule has 9 nitrogen and oxygen atoms in total. The topological polar surface area (TPSA) is 102 Å². The van der Waals surface area contributed by atoms with Crippen molar-refractivity contribution in [1.82, 2.24) is 5.32 Å². The molecule has 9 heteroatoms. The van der Waals surface area contributed by atoms with Gasteiger partial charge in [0, 0.05) is 0 Å². The van der Waals surface area contributed by atoms with Crippen molar-refractivity contribution in [2.24, 2.45) is 0 Å². The number of alkyl carbamates (subject to hydrolysis) is 1. The van der Waals surface area contributed by atoms with Gasteiger partial charge >= 0.3 is 6.09 Å². The molecule has 1 aromatic rings. The largest absolute Gasteiger partial charge is 0.445 e. The highest BCUT2D eigenvalue weighted by Crippen LogP contribution is 2.44. The summed E-state index contributed by atoms with van der Waals surface area (Å²) in [6.07, 6.45) is -3.40. The average molecular weight is 421 g/mol. The molecule has 1 N–H and O–H groups in total. The number of benzene rings is 1. The third kappa shape index (κ3) is 4.35. The summed E-state index contributed by atoms with van der Waals surface area (Å²) in [5, 5.41) is 2.56. The first-order valence-electron chi connectivity index (χ1n) is 9.97. The summed E-state index contributed by atoms with van der Waals surface area (Å²) in [6, 6.07) is 8.22. The molecule has 3 heterocycles. The van der Waals surface area contributed by atoms with Crippen LogP contribution < -0.4 is 5.32 Å². The van der Waals surface area contributed by atoms with Gasteiger partial charge in [-0.25, -0.2) is 4.79 Å². The van der Waals surface area contributed by atoms with Crippen LogP contribution in [-0.4, -0.2) is 60.7 Å². The highest BCUT2D eigenvalue weighted by Gasteiger charge is 2.62. The number of fused-ring (bicyclic) bond motifs is 3. The standard InChI is InChI=1S/C21H27NO8/c1-20(2)27-15-14(26-18-17(16(15)28-20)29-21(3,4)30-18)13(10-23)22-19(24)25-11-12-8-6-5-7-9-12/h5-10,13-18H,11H2,1-4H3,(H,22,24)/t13-,14+,15-,16-,17+,18+/m0/s1. The first-order chi connectivity index (χ1) is 14.2. The second-order valence-electron chi connectivity index (χ2n) is 8.50. The minimum Gasteiger partial charge on any atom is -0.445 e. The fourth-order valence-corrected chi connectivity index (χ4v) is 4.03. The molecule has 164 valence electrons. The number of rotatable bonds is 5. The Bertz CT molecular complexity index is 782. The van der Waals surface area contributed by atoms with E-state index >= 15 is 0 Å². The first-order valence-corrected chi connectivity index (χ1v) is 9.97. The van der Waals surface area contributed by atoms with Crippen molar-refractivity contribution in [3.05, 3.63) is 35.9 Å². The van der Waals surface area contributed by atoms with E-state index in [0.29, 0.717) is 6.29 Å². The molecule has 3 aliphatic rings. The Kier molecular flexibility index (Phi) is 5.58. The van der Waals surface area contributed by atoms with E-state index in [2.05, 4.69) is 5.32 Å². The SMILES string of the molecule is CC1(C)O[C@@H]2[C@H](O1)[C@H]1OC(C)(C)O[C@H]1O[C@@H]2[C@H](C=O)NC(=O)OCc1ccccc1. The van der Waals surface area contributed by atoms with Crippen molar-refractivity contribution in [3.8, 4) is 0 Å².